The van der Waals surface area contributed by atoms with Crippen LogP contribution in [0.4, 0.5) is 18.0 Å². The molecule has 1 atom stereocenters. The summed E-state index contributed by atoms with van der Waals surface area (Å²) in [5.41, 5.74) is 5.59. The predicted octanol–water partition coefficient (Wildman–Crippen LogP) is 2.12. The van der Waals surface area contributed by atoms with E-state index in [0.717, 1.165) is 12.1 Å². The minimum Gasteiger partial charge on any atom is -0.385 e. The number of carbonyl (C=O) groups excluding carboxylic acids is 1. The van der Waals surface area contributed by atoms with Crippen LogP contribution in [0.25, 0.3) is 0 Å². The van der Waals surface area contributed by atoms with Crippen molar-refractivity contribution in [1.82, 2.24) is 4.90 Å². The van der Waals surface area contributed by atoms with Crippen LogP contribution in [0.5, 0.6) is 0 Å². The SMILES string of the molecule is C=CCN1C(=O)N=C(N)C1c1cc(F)c(F)c(F)c1. The fourth-order valence-corrected chi connectivity index (χ4v) is 1.91. The van der Waals surface area contributed by atoms with Crippen LogP contribution in [0.1, 0.15) is 11.6 Å². The monoisotopic (exact) mass is 269 g/mol. The molecule has 4 nitrogen and oxygen atoms in total. The summed E-state index contributed by atoms with van der Waals surface area (Å²) in [6, 6.07) is 0.0305. The van der Waals surface area contributed by atoms with Crippen LogP contribution in [-0.4, -0.2) is 23.3 Å². The molecule has 0 aliphatic carbocycles. The Hall–Kier alpha value is -2.31. The van der Waals surface area contributed by atoms with Gasteiger partial charge in [0.15, 0.2) is 17.5 Å². The van der Waals surface area contributed by atoms with Gasteiger partial charge < -0.3 is 10.6 Å². The highest BCUT2D eigenvalue weighted by atomic mass is 19.2. The zero-order chi connectivity index (χ0) is 14.2. The summed E-state index contributed by atoms with van der Waals surface area (Å²) in [4.78, 5) is 16.2. The van der Waals surface area contributed by atoms with Gasteiger partial charge in [-0.1, -0.05) is 6.08 Å². The first-order chi connectivity index (χ1) is 8.95. The largest absolute Gasteiger partial charge is 0.385 e. The molecule has 2 N–H and O–H groups in total. The van der Waals surface area contributed by atoms with Gasteiger partial charge in [0.1, 0.15) is 11.9 Å². The van der Waals surface area contributed by atoms with Gasteiger partial charge in [-0.2, -0.15) is 4.99 Å². The summed E-state index contributed by atoms with van der Waals surface area (Å²) in [5, 5.41) is 0. The highest BCUT2D eigenvalue weighted by Crippen LogP contribution is 2.28. The van der Waals surface area contributed by atoms with Crippen molar-refractivity contribution in [2.75, 3.05) is 6.54 Å². The van der Waals surface area contributed by atoms with Crippen molar-refractivity contribution in [2.45, 2.75) is 6.04 Å². The lowest BCUT2D eigenvalue weighted by Crippen LogP contribution is -2.33. The van der Waals surface area contributed by atoms with Crippen molar-refractivity contribution < 1.29 is 18.0 Å². The molecule has 7 heteroatoms. The molecule has 1 aromatic carbocycles. The maximum atomic E-state index is 13.2. The summed E-state index contributed by atoms with van der Waals surface area (Å²) in [5.74, 6) is -4.36. The zero-order valence-corrected chi connectivity index (χ0v) is 9.74. The Balaban J connectivity index is 2.47. The van der Waals surface area contributed by atoms with E-state index in [1.54, 1.807) is 0 Å². The van der Waals surface area contributed by atoms with Crippen LogP contribution in [0.3, 0.4) is 0 Å². The molecule has 0 saturated carbocycles. The Bertz CT molecular complexity index is 563. The van der Waals surface area contributed by atoms with E-state index >= 15 is 0 Å². The third-order valence-corrected chi connectivity index (χ3v) is 2.71. The number of benzene rings is 1. The van der Waals surface area contributed by atoms with E-state index in [4.69, 9.17) is 5.73 Å². The Morgan fingerprint density at radius 1 is 1.37 bits per heavy atom. The van der Waals surface area contributed by atoms with Gasteiger partial charge >= 0.3 is 6.03 Å². The van der Waals surface area contributed by atoms with Crippen molar-refractivity contribution in [3.8, 4) is 0 Å². The smallest absolute Gasteiger partial charge is 0.346 e. The number of nitrogens with two attached hydrogens (primary N) is 1. The fraction of sp³-hybridized carbons (Fsp3) is 0.167. The van der Waals surface area contributed by atoms with E-state index in [1.165, 1.54) is 11.0 Å². The van der Waals surface area contributed by atoms with Gasteiger partial charge in [-0.25, -0.2) is 18.0 Å². The van der Waals surface area contributed by atoms with E-state index in [1.807, 2.05) is 0 Å². The number of halogens is 3. The predicted molar refractivity (Wildman–Crippen MR) is 63.0 cm³/mol. The van der Waals surface area contributed by atoms with Gasteiger partial charge in [-0.05, 0) is 17.7 Å². The molecule has 0 spiro atoms. The first-order valence-electron chi connectivity index (χ1n) is 5.35. The summed E-state index contributed by atoms with van der Waals surface area (Å²) < 4.78 is 39.3. The Morgan fingerprint density at radius 2 is 1.95 bits per heavy atom. The van der Waals surface area contributed by atoms with Crippen molar-refractivity contribution >= 4 is 11.9 Å². The lowest BCUT2D eigenvalue weighted by atomic mass is 10.0. The van der Waals surface area contributed by atoms with Gasteiger partial charge in [0.25, 0.3) is 0 Å². The molecule has 0 fully saturated rings. The molecule has 1 aliphatic heterocycles. The van der Waals surface area contributed by atoms with E-state index in [2.05, 4.69) is 11.6 Å². The van der Waals surface area contributed by atoms with Gasteiger partial charge in [0.05, 0.1) is 0 Å². The van der Waals surface area contributed by atoms with E-state index in [0.29, 0.717) is 0 Å². The van der Waals surface area contributed by atoms with Crippen LogP contribution in [0.15, 0.2) is 29.8 Å². The third-order valence-electron chi connectivity index (χ3n) is 2.71. The average molecular weight is 269 g/mol. The second kappa shape index (κ2) is 4.75. The van der Waals surface area contributed by atoms with Crippen molar-refractivity contribution in [3.63, 3.8) is 0 Å². The first kappa shape index (κ1) is 13.1. The van der Waals surface area contributed by atoms with E-state index in [9.17, 15) is 18.0 Å². The van der Waals surface area contributed by atoms with Crippen molar-refractivity contribution in [3.05, 3.63) is 47.8 Å². The second-order valence-electron chi connectivity index (χ2n) is 3.96. The highest BCUT2D eigenvalue weighted by Gasteiger charge is 2.34. The fourth-order valence-electron chi connectivity index (χ4n) is 1.91. The van der Waals surface area contributed by atoms with Gasteiger partial charge in [0.2, 0.25) is 0 Å². The van der Waals surface area contributed by atoms with Gasteiger partial charge in [-0.3, -0.25) is 0 Å². The molecule has 2 amide bonds. The molecule has 0 saturated heterocycles. The molecule has 1 unspecified atom stereocenters. The van der Waals surface area contributed by atoms with Crippen molar-refractivity contribution in [1.29, 1.82) is 0 Å². The second-order valence-corrected chi connectivity index (χ2v) is 3.96. The minimum absolute atomic E-state index is 0.0188. The number of urea groups is 1. The molecule has 19 heavy (non-hydrogen) atoms. The standard InChI is InChI=1S/C12H10F3N3O/c1-2-3-18-10(11(16)17-12(18)19)6-4-7(13)9(15)8(14)5-6/h2,4-5,10H,1,3H2,(H2,16,17,19). The summed E-state index contributed by atoms with van der Waals surface area (Å²) in [6.45, 7) is 3.57. The lowest BCUT2D eigenvalue weighted by Gasteiger charge is -2.23. The molecule has 0 bridgehead atoms. The number of rotatable bonds is 3. The molecule has 0 radical (unpaired) electrons. The molecule has 0 aromatic heterocycles. The van der Waals surface area contributed by atoms with E-state index < -0.39 is 29.5 Å². The maximum absolute atomic E-state index is 13.2. The molecule has 1 aliphatic rings. The van der Waals surface area contributed by atoms with Crippen molar-refractivity contribution in [2.24, 2.45) is 10.7 Å². The lowest BCUT2D eigenvalue weighted by molar-refractivity contribution is 0.212. The van der Waals surface area contributed by atoms with Gasteiger partial charge in [0, 0.05) is 6.54 Å². The minimum atomic E-state index is -1.57. The Kier molecular flexibility index (Phi) is 3.28. The van der Waals surface area contributed by atoms with Crippen LogP contribution in [0, 0.1) is 17.5 Å². The third kappa shape index (κ3) is 2.18. The number of carbonyl (C=O) groups is 1. The highest BCUT2D eigenvalue weighted by molar-refractivity contribution is 6.03. The quantitative estimate of drug-likeness (QED) is 0.675. The normalized spacial score (nSPS) is 18.7. The van der Waals surface area contributed by atoms with Crippen LogP contribution < -0.4 is 5.73 Å². The molecule has 100 valence electrons. The number of nitrogens with zero attached hydrogens (tertiary/aromatic N) is 2. The Morgan fingerprint density at radius 3 is 2.47 bits per heavy atom. The number of hydrogen-bond acceptors (Lipinski definition) is 2. The van der Waals surface area contributed by atoms with Crippen LogP contribution >= 0.6 is 0 Å². The van der Waals surface area contributed by atoms with Crippen LogP contribution in [-0.2, 0) is 0 Å². The van der Waals surface area contributed by atoms with Crippen LogP contribution in [0.2, 0.25) is 0 Å². The Labute approximate surface area is 107 Å². The summed E-state index contributed by atoms with van der Waals surface area (Å²) in [6.07, 6.45) is 1.43. The number of hydrogen-bond donors (Lipinski definition) is 1. The maximum Gasteiger partial charge on any atom is 0.346 e. The average Bonchev–Trinajstić information content (AvgIpc) is 2.61. The number of aliphatic imine (C=N–C) groups is 1. The molecule has 1 aromatic rings. The molecule has 2 rings (SSSR count). The first-order valence-corrected chi connectivity index (χ1v) is 5.35. The summed E-state index contributed by atoms with van der Waals surface area (Å²) >= 11 is 0. The molecule has 1 heterocycles. The number of amidine groups is 1. The topological polar surface area (TPSA) is 58.7 Å². The van der Waals surface area contributed by atoms with Gasteiger partial charge in [-0.15, -0.1) is 6.58 Å². The summed E-state index contributed by atoms with van der Waals surface area (Å²) in [7, 11) is 0. The van der Waals surface area contributed by atoms with E-state index in [-0.39, 0.29) is 17.9 Å². The zero-order valence-electron chi connectivity index (χ0n) is 9.74. The molecular weight excluding hydrogens is 259 g/mol. The molecular formula is C12H10F3N3O. The number of amides is 2.